The van der Waals surface area contributed by atoms with E-state index in [-0.39, 0.29) is 28.4 Å². The number of halogens is 1. The standard InChI is InChI=1S/C13H12ClN3O4/c1-21-5-4-16-13(18)10(8-15)6-9-7-11(17(19)20)2-3-12(9)14/h2-3,6-7H,4-5H2,1H3,(H,16,18). The van der Waals surface area contributed by atoms with Crippen LogP contribution in [-0.2, 0) is 9.53 Å². The fourth-order valence-corrected chi connectivity index (χ4v) is 1.59. The Kier molecular flexibility index (Phi) is 6.33. The predicted octanol–water partition coefficient (Wildman–Crippen LogP) is 1.92. The Morgan fingerprint density at radius 3 is 2.90 bits per heavy atom. The number of hydrogen-bond acceptors (Lipinski definition) is 5. The van der Waals surface area contributed by atoms with Crippen molar-refractivity contribution in [3.63, 3.8) is 0 Å². The Morgan fingerprint density at radius 1 is 1.62 bits per heavy atom. The van der Waals surface area contributed by atoms with Gasteiger partial charge in [0.2, 0.25) is 0 Å². The van der Waals surface area contributed by atoms with E-state index in [2.05, 4.69) is 5.32 Å². The van der Waals surface area contributed by atoms with Crippen LogP contribution >= 0.6 is 11.6 Å². The predicted molar refractivity (Wildman–Crippen MR) is 76.6 cm³/mol. The van der Waals surface area contributed by atoms with Crippen LogP contribution in [0.2, 0.25) is 5.02 Å². The summed E-state index contributed by atoms with van der Waals surface area (Å²) in [4.78, 5) is 21.9. The lowest BCUT2D eigenvalue weighted by molar-refractivity contribution is -0.384. The highest BCUT2D eigenvalue weighted by atomic mass is 35.5. The molecule has 21 heavy (non-hydrogen) atoms. The molecule has 110 valence electrons. The smallest absolute Gasteiger partial charge is 0.270 e. The first-order valence-corrected chi connectivity index (χ1v) is 6.20. The lowest BCUT2D eigenvalue weighted by atomic mass is 10.1. The molecule has 0 fully saturated rings. The molecular weight excluding hydrogens is 298 g/mol. The second-order valence-corrected chi connectivity index (χ2v) is 4.29. The molecule has 0 radical (unpaired) electrons. The zero-order chi connectivity index (χ0) is 15.8. The average Bonchev–Trinajstić information content (AvgIpc) is 2.46. The van der Waals surface area contributed by atoms with Gasteiger partial charge in [0, 0.05) is 36.4 Å². The zero-order valence-electron chi connectivity index (χ0n) is 11.1. The van der Waals surface area contributed by atoms with Crippen molar-refractivity contribution in [3.05, 3.63) is 44.5 Å². The molecule has 0 atom stereocenters. The molecule has 8 heteroatoms. The van der Waals surface area contributed by atoms with Crippen LogP contribution in [0.4, 0.5) is 5.69 Å². The molecule has 0 aliphatic rings. The van der Waals surface area contributed by atoms with Crippen molar-refractivity contribution in [2.24, 2.45) is 0 Å². The second-order valence-electron chi connectivity index (χ2n) is 3.88. The number of nitrogens with zero attached hydrogens (tertiary/aromatic N) is 2. The van der Waals surface area contributed by atoms with Gasteiger partial charge in [-0.2, -0.15) is 5.26 Å². The molecule has 0 bridgehead atoms. The molecule has 0 spiro atoms. The number of non-ortho nitro benzene ring substituents is 1. The number of methoxy groups -OCH3 is 1. The van der Waals surface area contributed by atoms with Gasteiger partial charge in [-0.15, -0.1) is 0 Å². The van der Waals surface area contributed by atoms with Crippen LogP contribution in [0.1, 0.15) is 5.56 Å². The zero-order valence-corrected chi connectivity index (χ0v) is 11.9. The normalized spacial score (nSPS) is 10.8. The van der Waals surface area contributed by atoms with E-state index in [9.17, 15) is 14.9 Å². The number of hydrogen-bond donors (Lipinski definition) is 1. The number of carbonyl (C=O) groups excluding carboxylic acids is 1. The highest BCUT2D eigenvalue weighted by molar-refractivity contribution is 6.32. The summed E-state index contributed by atoms with van der Waals surface area (Å²) >= 11 is 5.91. The number of nitro groups is 1. The Labute approximate surface area is 125 Å². The topological polar surface area (TPSA) is 105 Å². The molecule has 0 saturated heterocycles. The highest BCUT2D eigenvalue weighted by Gasteiger charge is 2.12. The van der Waals surface area contributed by atoms with E-state index in [0.717, 1.165) is 0 Å². The number of amides is 1. The molecule has 0 aliphatic carbocycles. The Bertz CT molecular complexity index is 622. The molecule has 1 aromatic carbocycles. The molecule has 1 amide bonds. The highest BCUT2D eigenvalue weighted by Crippen LogP contribution is 2.24. The fourth-order valence-electron chi connectivity index (χ4n) is 1.42. The first kappa shape index (κ1) is 16.6. The lowest BCUT2D eigenvalue weighted by Gasteiger charge is -2.04. The Balaban J connectivity index is 3.03. The molecule has 0 heterocycles. The van der Waals surface area contributed by atoms with Crippen molar-refractivity contribution in [2.75, 3.05) is 20.3 Å². The van der Waals surface area contributed by atoms with E-state index in [1.165, 1.54) is 31.4 Å². The maximum atomic E-state index is 11.7. The Hall–Kier alpha value is -2.43. The number of nitro benzene ring substituents is 1. The fraction of sp³-hybridized carbons (Fsp3) is 0.231. The lowest BCUT2D eigenvalue weighted by Crippen LogP contribution is -2.27. The van der Waals surface area contributed by atoms with Crippen molar-refractivity contribution < 1.29 is 14.5 Å². The maximum absolute atomic E-state index is 11.7. The van der Waals surface area contributed by atoms with Gasteiger partial charge in [-0.3, -0.25) is 14.9 Å². The van der Waals surface area contributed by atoms with E-state index in [4.69, 9.17) is 21.6 Å². The van der Waals surface area contributed by atoms with Crippen LogP contribution in [0.15, 0.2) is 23.8 Å². The number of nitrogens with one attached hydrogen (secondary N) is 1. The van der Waals surface area contributed by atoms with Gasteiger partial charge >= 0.3 is 0 Å². The maximum Gasteiger partial charge on any atom is 0.270 e. The minimum absolute atomic E-state index is 0.178. The molecule has 0 saturated carbocycles. The minimum Gasteiger partial charge on any atom is -0.383 e. The third-order valence-electron chi connectivity index (χ3n) is 2.45. The van der Waals surface area contributed by atoms with Gasteiger partial charge in [0.05, 0.1) is 11.5 Å². The van der Waals surface area contributed by atoms with Gasteiger partial charge in [0.1, 0.15) is 11.6 Å². The van der Waals surface area contributed by atoms with Gasteiger partial charge in [-0.05, 0) is 12.1 Å². The minimum atomic E-state index is -0.600. The van der Waals surface area contributed by atoms with Gasteiger partial charge < -0.3 is 10.1 Å². The number of benzene rings is 1. The molecule has 1 aromatic rings. The summed E-state index contributed by atoms with van der Waals surface area (Å²) in [6.07, 6.45) is 1.21. The third kappa shape index (κ3) is 4.87. The summed E-state index contributed by atoms with van der Waals surface area (Å²) in [6.45, 7) is 0.555. The Morgan fingerprint density at radius 2 is 2.33 bits per heavy atom. The molecular formula is C13H12ClN3O4. The summed E-state index contributed by atoms with van der Waals surface area (Å²) in [5, 5.41) is 22.4. The number of ether oxygens (including phenoxy) is 1. The van der Waals surface area contributed by atoms with E-state index in [1.807, 2.05) is 0 Å². The molecule has 7 nitrogen and oxygen atoms in total. The summed E-state index contributed by atoms with van der Waals surface area (Å²) in [6, 6.07) is 5.51. The number of nitriles is 1. The first-order chi connectivity index (χ1) is 9.99. The average molecular weight is 310 g/mol. The quantitative estimate of drug-likeness (QED) is 0.284. The van der Waals surface area contributed by atoms with E-state index in [0.29, 0.717) is 6.61 Å². The van der Waals surface area contributed by atoms with Crippen LogP contribution in [0.25, 0.3) is 6.08 Å². The van der Waals surface area contributed by atoms with E-state index < -0.39 is 10.8 Å². The third-order valence-corrected chi connectivity index (χ3v) is 2.79. The summed E-state index contributed by atoms with van der Waals surface area (Å²) in [5.41, 5.74) is -0.152. The number of carbonyl (C=O) groups is 1. The van der Waals surface area contributed by atoms with E-state index >= 15 is 0 Å². The van der Waals surface area contributed by atoms with Crippen LogP contribution in [0.5, 0.6) is 0 Å². The summed E-state index contributed by atoms with van der Waals surface area (Å²) < 4.78 is 4.77. The summed E-state index contributed by atoms with van der Waals surface area (Å²) in [7, 11) is 1.48. The molecule has 1 rings (SSSR count). The van der Waals surface area contributed by atoms with Crippen molar-refractivity contribution in [1.82, 2.24) is 5.32 Å². The van der Waals surface area contributed by atoms with Gasteiger partial charge in [-0.1, -0.05) is 11.6 Å². The second kappa shape index (κ2) is 7.99. The largest absolute Gasteiger partial charge is 0.383 e. The monoisotopic (exact) mass is 309 g/mol. The molecule has 0 aliphatic heterocycles. The van der Waals surface area contributed by atoms with Gasteiger partial charge in [0.25, 0.3) is 11.6 Å². The van der Waals surface area contributed by atoms with Crippen molar-refractivity contribution in [3.8, 4) is 6.07 Å². The van der Waals surface area contributed by atoms with Gasteiger partial charge in [-0.25, -0.2) is 0 Å². The van der Waals surface area contributed by atoms with E-state index in [1.54, 1.807) is 6.07 Å². The van der Waals surface area contributed by atoms with Crippen LogP contribution in [0.3, 0.4) is 0 Å². The number of rotatable bonds is 6. The molecule has 0 aromatic heterocycles. The van der Waals surface area contributed by atoms with Crippen molar-refractivity contribution in [2.45, 2.75) is 0 Å². The molecule has 0 unspecified atom stereocenters. The SMILES string of the molecule is COCCNC(=O)C(C#N)=Cc1cc([N+](=O)[O-])ccc1Cl. The summed E-state index contributed by atoms with van der Waals surface area (Å²) in [5.74, 6) is -0.600. The van der Waals surface area contributed by atoms with Crippen molar-refractivity contribution in [1.29, 1.82) is 5.26 Å². The first-order valence-electron chi connectivity index (χ1n) is 5.82. The molecule has 1 N–H and O–H groups in total. The van der Waals surface area contributed by atoms with Crippen LogP contribution in [-0.4, -0.2) is 31.1 Å². The van der Waals surface area contributed by atoms with Crippen LogP contribution < -0.4 is 5.32 Å². The van der Waals surface area contributed by atoms with Crippen molar-refractivity contribution >= 4 is 29.3 Å². The van der Waals surface area contributed by atoms with Gasteiger partial charge in [0.15, 0.2) is 0 Å². The van der Waals surface area contributed by atoms with Crippen LogP contribution in [0, 0.1) is 21.4 Å².